The third kappa shape index (κ3) is 3.89. The Morgan fingerprint density at radius 3 is 2.62 bits per heavy atom. The Balaban J connectivity index is 1.68. The summed E-state index contributed by atoms with van der Waals surface area (Å²) in [5.74, 6) is 0. The standard InChI is InChI=1S/C15H18BrN5O4S/c1-19-10-13(9-17-19)26(24,25)20-6-4-12(5-7-20)18-14-8-11(16)2-3-15(14)21(22)23/h2-3,8-10,12,18H,4-7H2,1H3. The maximum atomic E-state index is 12.6. The molecule has 0 aliphatic carbocycles. The third-order valence-corrected chi connectivity index (χ3v) is 6.63. The summed E-state index contributed by atoms with van der Waals surface area (Å²) < 4.78 is 28.8. The van der Waals surface area contributed by atoms with E-state index in [0.717, 1.165) is 4.47 Å². The van der Waals surface area contributed by atoms with Crippen molar-refractivity contribution in [2.75, 3.05) is 18.4 Å². The van der Waals surface area contributed by atoms with E-state index in [1.165, 1.54) is 27.4 Å². The Labute approximate surface area is 159 Å². The quantitative estimate of drug-likeness (QED) is 0.560. The lowest BCUT2D eigenvalue weighted by molar-refractivity contribution is -0.384. The number of nitro benzene ring substituents is 1. The fraction of sp³-hybridized carbons (Fsp3) is 0.400. The molecule has 1 aliphatic heterocycles. The molecule has 0 atom stereocenters. The topological polar surface area (TPSA) is 110 Å². The van der Waals surface area contributed by atoms with E-state index in [0.29, 0.717) is 31.6 Å². The lowest BCUT2D eigenvalue weighted by Gasteiger charge is -2.31. The molecule has 2 heterocycles. The zero-order chi connectivity index (χ0) is 18.9. The smallest absolute Gasteiger partial charge is 0.292 e. The fourth-order valence-electron chi connectivity index (χ4n) is 2.92. The molecule has 1 aromatic carbocycles. The summed E-state index contributed by atoms with van der Waals surface area (Å²) >= 11 is 3.32. The van der Waals surface area contributed by atoms with Crippen molar-refractivity contribution < 1.29 is 13.3 Å². The Morgan fingerprint density at radius 2 is 2.04 bits per heavy atom. The Hall–Kier alpha value is -1.98. The van der Waals surface area contributed by atoms with Gasteiger partial charge in [-0.2, -0.15) is 9.40 Å². The molecule has 0 spiro atoms. The van der Waals surface area contributed by atoms with Gasteiger partial charge in [0, 0.05) is 42.9 Å². The van der Waals surface area contributed by atoms with E-state index in [1.807, 2.05) is 0 Å². The molecule has 1 aliphatic rings. The number of nitrogens with one attached hydrogen (secondary N) is 1. The zero-order valence-corrected chi connectivity index (χ0v) is 16.4. The minimum Gasteiger partial charge on any atom is -0.377 e. The second-order valence-electron chi connectivity index (χ2n) is 6.09. The van der Waals surface area contributed by atoms with Gasteiger partial charge < -0.3 is 5.32 Å². The van der Waals surface area contributed by atoms with Gasteiger partial charge in [-0.3, -0.25) is 14.8 Å². The summed E-state index contributed by atoms with van der Waals surface area (Å²) in [6, 6.07) is 4.68. The van der Waals surface area contributed by atoms with Crippen LogP contribution in [-0.2, 0) is 17.1 Å². The summed E-state index contributed by atoms with van der Waals surface area (Å²) in [4.78, 5) is 10.9. The van der Waals surface area contributed by atoms with Crippen LogP contribution in [0.4, 0.5) is 11.4 Å². The number of halogens is 1. The first-order chi connectivity index (χ1) is 12.3. The molecule has 0 amide bonds. The first-order valence-electron chi connectivity index (χ1n) is 7.96. The average molecular weight is 444 g/mol. The zero-order valence-electron chi connectivity index (χ0n) is 14.0. The lowest BCUT2D eigenvalue weighted by Crippen LogP contribution is -2.42. The van der Waals surface area contributed by atoms with Crippen LogP contribution in [0.2, 0.25) is 0 Å². The molecule has 0 bridgehead atoms. The molecule has 140 valence electrons. The van der Waals surface area contributed by atoms with Crippen molar-refractivity contribution in [3.8, 4) is 0 Å². The third-order valence-electron chi connectivity index (χ3n) is 4.29. The van der Waals surface area contributed by atoms with Gasteiger partial charge >= 0.3 is 0 Å². The van der Waals surface area contributed by atoms with E-state index >= 15 is 0 Å². The highest BCUT2D eigenvalue weighted by Crippen LogP contribution is 2.30. The molecule has 9 nitrogen and oxygen atoms in total. The maximum Gasteiger partial charge on any atom is 0.292 e. The van der Waals surface area contributed by atoms with Gasteiger partial charge in [0.05, 0.1) is 11.1 Å². The highest BCUT2D eigenvalue weighted by molar-refractivity contribution is 9.10. The number of rotatable bonds is 5. The number of nitro groups is 1. The van der Waals surface area contributed by atoms with Crippen molar-refractivity contribution in [1.82, 2.24) is 14.1 Å². The molecule has 2 aromatic rings. The Morgan fingerprint density at radius 1 is 1.35 bits per heavy atom. The monoisotopic (exact) mass is 443 g/mol. The molecular weight excluding hydrogens is 426 g/mol. The number of hydrogen-bond acceptors (Lipinski definition) is 6. The van der Waals surface area contributed by atoms with Crippen LogP contribution in [-0.4, -0.2) is 46.6 Å². The molecule has 1 N–H and O–H groups in total. The van der Waals surface area contributed by atoms with Crippen LogP contribution >= 0.6 is 15.9 Å². The molecule has 0 unspecified atom stereocenters. The predicted octanol–water partition coefficient (Wildman–Crippen LogP) is 2.36. The second-order valence-corrected chi connectivity index (χ2v) is 8.94. The highest BCUT2D eigenvalue weighted by Gasteiger charge is 2.31. The van der Waals surface area contributed by atoms with E-state index < -0.39 is 14.9 Å². The predicted molar refractivity (Wildman–Crippen MR) is 99.4 cm³/mol. The van der Waals surface area contributed by atoms with Gasteiger partial charge in [-0.25, -0.2) is 8.42 Å². The summed E-state index contributed by atoms with van der Waals surface area (Å²) in [7, 11) is -1.89. The van der Waals surface area contributed by atoms with Crippen LogP contribution in [0, 0.1) is 10.1 Å². The van der Waals surface area contributed by atoms with Crippen LogP contribution in [0.5, 0.6) is 0 Å². The number of benzene rings is 1. The highest BCUT2D eigenvalue weighted by atomic mass is 79.9. The van der Waals surface area contributed by atoms with Crippen LogP contribution in [0.1, 0.15) is 12.8 Å². The van der Waals surface area contributed by atoms with Gasteiger partial charge in [0.25, 0.3) is 5.69 Å². The molecule has 26 heavy (non-hydrogen) atoms. The average Bonchev–Trinajstić information content (AvgIpc) is 3.02. The largest absolute Gasteiger partial charge is 0.377 e. The van der Waals surface area contributed by atoms with Gasteiger partial charge in [0.2, 0.25) is 10.0 Å². The van der Waals surface area contributed by atoms with Crippen LogP contribution in [0.25, 0.3) is 0 Å². The molecule has 0 radical (unpaired) electrons. The summed E-state index contributed by atoms with van der Waals surface area (Å²) in [5, 5.41) is 18.3. The van der Waals surface area contributed by atoms with Crippen molar-refractivity contribution in [3.05, 3.63) is 45.2 Å². The molecular formula is C15H18BrN5O4S. The molecule has 1 aromatic heterocycles. The number of anilines is 1. The van der Waals surface area contributed by atoms with Crippen molar-refractivity contribution >= 4 is 37.3 Å². The Kier molecular flexibility index (Phi) is 5.30. The summed E-state index contributed by atoms with van der Waals surface area (Å²) in [5.41, 5.74) is 0.427. The van der Waals surface area contributed by atoms with E-state index in [-0.39, 0.29) is 16.6 Å². The van der Waals surface area contributed by atoms with Crippen LogP contribution < -0.4 is 5.32 Å². The fourth-order valence-corrected chi connectivity index (χ4v) is 4.74. The van der Waals surface area contributed by atoms with Gasteiger partial charge in [-0.1, -0.05) is 15.9 Å². The minimum absolute atomic E-state index is 0.00129. The molecule has 1 fully saturated rings. The van der Waals surface area contributed by atoms with E-state index in [9.17, 15) is 18.5 Å². The summed E-state index contributed by atoms with van der Waals surface area (Å²) in [6.45, 7) is 0.688. The van der Waals surface area contributed by atoms with E-state index in [4.69, 9.17) is 0 Å². The molecule has 1 saturated heterocycles. The van der Waals surface area contributed by atoms with Crippen molar-refractivity contribution in [2.24, 2.45) is 7.05 Å². The SMILES string of the molecule is Cn1cc(S(=O)(=O)N2CCC(Nc3cc(Br)ccc3[N+](=O)[O-])CC2)cn1. The van der Waals surface area contributed by atoms with Gasteiger partial charge in [0.15, 0.2) is 0 Å². The Bertz CT molecular complexity index is 922. The lowest BCUT2D eigenvalue weighted by atomic mass is 10.1. The number of aryl methyl sites for hydroxylation is 1. The normalized spacial score (nSPS) is 16.5. The molecule has 0 saturated carbocycles. The molecule has 11 heteroatoms. The van der Waals surface area contributed by atoms with Crippen molar-refractivity contribution in [3.63, 3.8) is 0 Å². The first kappa shape index (κ1) is 18.8. The minimum atomic E-state index is -3.56. The van der Waals surface area contributed by atoms with E-state index in [1.54, 1.807) is 19.2 Å². The number of aromatic nitrogens is 2. The number of piperidine rings is 1. The van der Waals surface area contributed by atoms with E-state index in [2.05, 4.69) is 26.3 Å². The second kappa shape index (κ2) is 7.33. The van der Waals surface area contributed by atoms with Crippen LogP contribution in [0.15, 0.2) is 40.0 Å². The van der Waals surface area contributed by atoms with Gasteiger partial charge in [-0.05, 0) is 25.0 Å². The number of sulfonamides is 1. The summed E-state index contributed by atoms with van der Waals surface area (Å²) in [6.07, 6.45) is 3.93. The van der Waals surface area contributed by atoms with Crippen molar-refractivity contribution in [2.45, 2.75) is 23.8 Å². The first-order valence-corrected chi connectivity index (χ1v) is 10.2. The van der Waals surface area contributed by atoms with Gasteiger partial charge in [0.1, 0.15) is 10.6 Å². The number of hydrogen-bond donors (Lipinski definition) is 1. The maximum absolute atomic E-state index is 12.6. The number of nitrogens with zero attached hydrogens (tertiary/aromatic N) is 4. The molecule has 3 rings (SSSR count). The van der Waals surface area contributed by atoms with Crippen LogP contribution in [0.3, 0.4) is 0 Å². The van der Waals surface area contributed by atoms with Crippen molar-refractivity contribution in [1.29, 1.82) is 0 Å². The van der Waals surface area contributed by atoms with Gasteiger partial charge in [-0.15, -0.1) is 0 Å².